The van der Waals surface area contributed by atoms with Gasteiger partial charge in [0, 0.05) is 11.8 Å². The Balaban J connectivity index is 0.00000100. The molecule has 2 N–H and O–H groups in total. The van der Waals surface area contributed by atoms with E-state index in [9.17, 15) is 15.0 Å². The predicted octanol–water partition coefficient (Wildman–Crippen LogP) is 4.12. The van der Waals surface area contributed by atoms with E-state index < -0.39 is 6.10 Å². The van der Waals surface area contributed by atoms with Gasteiger partial charge in [-0.2, -0.15) is 0 Å². The molecule has 3 aliphatic rings. The lowest BCUT2D eigenvalue weighted by Crippen LogP contribution is -2.53. The second-order valence-electron chi connectivity index (χ2n) is 8.22. The zero-order valence-corrected chi connectivity index (χ0v) is 16.1. The van der Waals surface area contributed by atoms with Gasteiger partial charge in [0.1, 0.15) is 5.78 Å². The van der Waals surface area contributed by atoms with Crippen LogP contribution in [-0.2, 0) is 4.79 Å². The van der Waals surface area contributed by atoms with E-state index in [2.05, 4.69) is 20.8 Å². The lowest BCUT2D eigenvalue weighted by atomic mass is 9.49. The Hall–Kier alpha value is -0.670. The second-order valence-corrected chi connectivity index (χ2v) is 8.22. The van der Waals surface area contributed by atoms with E-state index in [1.807, 2.05) is 19.9 Å². The predicted molar refractivity (Wildman–Crippen MR) is 97.6 cm³/mol. The molecule has 2 saturated carbocycles. The van der Waals surface area contributed by atoms with E-state index in [1.54, 1.807) is 0 Å². The first-order valence-electron chi connectivity index (χ1n) is 9.92. The number of carbonyl (C=O) groups excluding carboxylic acids is 1. The molecule has 0 heterocycles. The molecule has 3 unspecified atom stereocenters. The summed E-state index contributed by atoms with van der Waals surface area (Å²) in [6, 6.07) is 0. The number of carbonyl (C=O) groups is 1. The van der Waals surface area contributed by atoms with Crippen molar-refractivity contribution in [1.82, 2.24) is 0 Å². The van der Waals surface area contributed by atoms with Gasteiger partial charge in [-0.1, -0.05) is 47.1 Å². The zero-order chi connectivity index (χ0) is 18.1. The Kier molecular flexibility index (Phi) is 5.97. The fourth-order valence-corrected chi connectivity index (χ4v) is 6.03. The number of hydrogen-bond acceptors (Lipinski definition) is 3. The van der Waals surface area contributed by atoms with Gasteiger partial charge < -0.3 is 10.2 Å². The molecule has 0 amide bonds. The zero-order valence-electron chi connectivity index (χ0n) is 16.1. The maximum Gasteiger partial charge on any atom is 0.139 e. The van der Waals surface area contributed by atoms with E-state index in [0.717, 1.165) is 37.7 Å². The van der Waals surface area contributed by atoms with Crippen molar-refractivity contribution >= 4 is 5.78 Å². The molecule has 3 nitrogen and oxygen atoms in total. The van der Waals surface area contributed by atoms with Crippen LogP contribution in [0.25, 0.3) is 0 Å². The molecule has 0 saturated heterocycles. The number of Topliss-reactive ketones (excluding diaryl/α,β-unsaturated/α-hetero) is 1. The summed E-state index contributed by atoms with van der Waals surface area (Å²) in [7, 11) is 0. The van der Waals surface area contributed by atoms with Crippen LogP contribution in [0.4, 0.5) is 0 Å². The number of aliphatic hydroxyl groups is 2. The molecule has 0 aromatic rings. The van der Waals surface area contributed by atoms with Crippen LogP contribution in [0.15, 0.2) is 11.6 Å². The van der Waals surface area contributed by atoms with Gasteiger partial charge in [-0.3, -0.25) is 4.79 Å². The monoisotopic (exact) mass is 336 g/mol. The van der Waals surface area contributed by atoms with E-state index in [0.29, 0.717) is 24.0 Å². The van der Waals surface area contributed by atoms with Crippen molar-refractivity contribution in [1.29, 1.82) is 0 Å². The van der Waals surface area contributed by atoms with Crippen molar-refractivity contribution in [3.63, 3.8) is 0 Å². The minimum Gasteiger partial charge on any atom is -0.392 e. The molecule has 0 aromatic heterocycles. The molecule has 0 radical (unpaired) electrons. The van der Waals surface area contributed by atoms with Gasteiger partial charge >= 0.3 is 0 Å². The quantitative estimate of drug-likeness (QED) is 0.762. The minimum atomic E-state index is -0.507. The lowest BCUT2D eigenvalue weighted by molar-refractivity contribution is -0.135. The van der Waals surface area contributed by atoms with Crippen molar-refractivity contribution in [2.75, 3.05) is 6.61 Å². The van der Waals surface area contributed by atoms with Gasteiger partial charge in [0.2, 0.25) is 0 Å². The summed E-state index contributed by atoms with van der Waals surface area (Å²) in [6.07, 6.45) is 7.07. The third-order valence-electron chi connectivity index (χ3n) is 7.30. The topological polar surface area (TPSA) is 57.5 Å². The van der Waals surface area contributed by atoms with Crippen molar-refractivity contribution < 1.29 is 15.0 Å². The molecule has 0 spiro atoms. The summed E-state index contributed by atoms with van der Waals surface area (Å²) in [6.45, 7) is 10.6. The highest BCUT2D eigenvalue weighted by Gasteiger charge is 2.59. The molecule has 3 heteroatoms. The summed E-state index contributed by atoms with van der Waals surface area (Å²) in [5.74, 6) is 1.27. The van der Waals surface area contributed by atoms with Crippen molar-refractivity contribution in [3.8, 4) is 0 Å². The van der Waals surface area contributed by atoms with E-state index >= 15 is 0 Å². The van der Waals surface area contributed by atoms with Crippen LogP contribution < -0.4 is 0 Å². The van der Waals surface area contributed by atoms with Gasteiger partial charge in [0.15, 0.2) is 0 Å². The van der Waals surface area contributed by atoms with Crippen LogP contribution in [0.3, 0.4) is 0 Å². The number of fused-ring (bicyclic) bond motifs is 3. The average Bonchev–Trinajstić information content (AvgIpc) is 2.88. The minimum absolute atomic E-state index is 0.0274. The van der Waals surface area contributed by atoms with Crippen LogP contribution in [0.5, 0.6) is 0 Å². The molecule has 3 rings (SSSR count). The summed E-state index contributed by atoms with van der Waals surface area (Å²) >= 11 is 0. The van der Waals surface area contributed by atoms with Gasteiger partial charge in [0.25, 0.3) is 0 Å². The molecule has 2 fully saturated rings. The Morgan fingerprint density at radius 1 is 1.21 bits per heavy atom. The van der Waals surface area contributed by atoms with E-state index in [-0.39, 0.29) is 23.4 Å². The van der Waals surface area contributed by atoms with Gasteiger partial charge in [-0.15, -0.1) is 0 Å². The number of rotatable bonds is 3. The third-order valence-corrected chi connectivity index (χ3v) is 7.30. The standard InChI is InChI=1S/C19H30O3.C2H6/c1-4-8-18(2)12(11-20)10-15(21)17-13-5-6-16(22)19(13,3)9-7-14(17)18;1-2/h10,13-15,17,20-21H,4-9,11H2,1-3H3;1-2H3/t13?,14?,15-,17?,18-,19-;/m0./s1. The van der Waals surface area contributed by atoms with Crippen molar-refractivity contribution in [2.45, 2.75) is 79.2 Å². The smallest absolute Gasteiger partial charge is 0.139 e. The van der Waals surface area contributed by atoms with Crippen molar-refractivity contribution in [2.24, 2.45) is 28.6 Å². The SMILES string of the molecule is CC.CCC[C@@]1(C)C(CO)=C[C@H](O)C2C1CC[C@]1(C)C(=O)CCC21. The maximum absolute atomic E-state index is 12.4. The average molecular weight is 337 g/mol. The van der Waals surface area contributed by atoms with Crippen LogP contribution in [0.1, 0.15) is 73.1 Å². The second kappa shape index (κ2) is 7.29. The van der Waals surface area contributed by atoms with Crippen LogP contribution >= 0.6 is 0 Å². The van der Waals surface area contributed by atoms with Gasteiger partial charge in [0.05, 0.1) is 12.7 Å². The van der Waals surface area contributed by atoms with Crippen molar-refractivity contribution in [3.05, 3.63) is 11.6 Å². The summed E-state index contributed by atoms with van der Waals surface area (Å²) < 4.78 is 0. The first kappa shape index (κ1) is 19.7. The number of aliphatic hydroxyl groups excluding tert-OH is 2. The van der Waals surface area contributed by atoms with E-state index in [1.165, 1.54) is 0 Å². The fraction of sp³-hybridized carbons (Fsp3) is 0.857. The Morgan fingerprint density at radius 2 is 1.88 bits per heavy atom. The first-order valence-corrected chi connectivity index (χ1v) is 9.92. The van der Waals surface area contributed by atoms with Gasteiger partial charge in [-0.25, -0.2) is 0 Å². The molecule has 138 valence electrons. The molecule has 0 bridgehead atoms. The molecule has 3 aliphatic carbocycles. The molecule has 0 aliphatic heterocycles. The Labute approximate surface area is 147 Å². The fourth-order valence-electron chi connectivity index (χ4n) is 6.03. The molecule has 0 aromatic carbocycles. The largest absolute Gasteiger partial charge is 0.392 e. The lowest BCUT2D eigenvalue weighted by Gasteiger charge is -2.56. The molecule has 6 atom stereocenters. The number of hydrogen-bond donors (Lipinski definition) is 2. The third kappa shape index (κ3) is 2.78. The van der Waals surface area contributed by atoms with Crippen LogP contribution in [0, 0.1) is 28.6 Å². The Bertz CT molecular complexity index is 497. The maximum atomic E-state index is 12.4. The van der Waals surface area contributed by atoms with Crippen LogP contribution in [-0.4, -0.2) is 28.7 Å². The first-order chi connectivity index (χ1) is 11.4. The molecule has 24 heavy (non-hydrogen) atoms. The number of ketones is 1. The van der Waals surface area contributed by atoms with E-state index in [4.69, 9.17) is 0 Å². The molecular weight excluding hydrogens is 300 g/mol. The normalized spacial score (nSPS) is 44.1. The molecular formula is C21H36O3. The Morgan fingerprint density at radius 3 is 2.46 bits per heavy atom. The summed E-state index contributed by atoms with van der Waals surface area (Å²) in [5, 5.41) is 20.6. The summed E-state index contributed by atoms with van der Waals surface area (Å²) in [5.41, 5.74) is 0.760. The van der Waals surface area contributed by atoms with Crippen LogP contribution in [0.2, 0.25) is 0 Å². The van der Waals surface area contributed by atoms with Gasteiger partial charge in [-0.05, 0) is 54.4 Å². The highest BCUT2D eigenvalue weighted by molar-refractivity contribution is 5.87. The highest BCUT2D eigenvalue weighted by Crippen LogP contribution is 2.62. The summed E-state index contributed by atoms with van der Waals surface area (Å²) in [4.78, 5) is 12.4. The highest BCUT2D eigenvalue weighted by atomic mass is 16.3.